The maximum Gasteiger partial charge on any atom is 0.355 e. The van der Waals surface area contributed by atoms with E-state index in [1.165, 1.54) is 0 Å². The van der Waals surface area contributed by atoms with Gasteiger partial charge in [0, 0.05) is 38.3 Å². The number of carbonyl (C=O) groups excluding carboxylic acids is 2. The number of fused-ring (bicyclic) bond motifs is 2. The van der Waals surface area contributed by atoms with E-state index in [-0.39, 0.29) is 24.2 Å². The van der Waals surface area contributed by atoms with Crippen LogP contribution in [0.3, 0.4) is 0 Å². The summed E-state index contributed by atoms with van der Waals surface area (Å²) in [5, 5.41) is 10.7. The van der Waals surface area contributed by atoms with Gasteiger partial charge in [-0.3, -0.25) is 4.90 Å². The number of aliphatic hydroxyl groups is 1. The van der Waals surface area contributed by atoms with Crippen LogP contribution in [0.5, 0.6) is 0 Å². The van der Waals surface area contributed by atoms with Crippen molar-refractivity contribution in [1.29, 1.82) is 0 Å². The van der Waals surface area contributed by atoms with E-state index in [4.69, 9.17) is 9.47 Å². The number of H-pyrrole nitrogens is 1. The normalized spacial score (nSPS) is 30.3. The maximum atomic E-state index is 12.4. The molecule has 2 bridgehead atoms. The zero-order valence-electron chi connectivity index (χ0n) is 15.2. The molecule has 0 aliphatic carbocycles. The first-order valence-corrected chi connectivity index (χ1v) is 9.02. The van der Waals surface area contributed by atoms with Gasteiger partial charge in [-0.1, -0.05) is 0 Å². The molecule has 2 aromatic heterocycles. The molecule has 0 spiro atoms. The molecule has 2 fully saturated rings. The van der Waals surface area contributed by atoms with Gasteiger partial charge in [0.25, 0.3) is 0 Å². The second kappa shape index (κ2) is 6.86. The zero-order chi connectivity index (χ0) is 19.1. The number of aromatic nitrogens is 2. The smallest absolute Gasteiger partial charge is 0.355 e. The Hall–Kier alpha value is -2.58. The molecule has 0 amide bonds. The molecule has 2 aromatic rings. The first-order valence-electron chi connectivity index (χ1n) is 9.02. The van der Waals surface area contributed by atoms with Crippen LogP contribution in [0.1, 0.15) is 33.8 Å². The fraction of sp³-hybridized carbons (Fsp3) is 0.474. The minimum atomic E-state index is -0.822. The molecule has 2 aliphatic rings. The fourth-order valence-corrected chi connectivity index (χ4v) is 4.18. The second-order valence-corrected chi connectivity index (χ2v) is 7.25. The molecule has 0 radical (unpaired) electrons. The van der Waals surface area contributed by atoms with E-state index in [0.717, 1.165) is 0 Å². The second-order valence-electron chi connectivity index (χ2n) is 7.25. The van der Waals surface area contributed by atoms with Crippen LogP contribution in [-0.2, 0) is 16.5 Å². The summed E-state index contributed by atoms with van der Waals surface area (Å²) in [6.45, 7) is 0. The number of nitrogens with zero attached hydrogens (tertiary/aromatic N) is 2. The van der Waals surface area contributed by atoms with E-state index in [1.807, 2.05) is 11.9 Å². The van der Waals surface area contributed by atoms with Crippen molar-refractivity contribution >= 4 is 11.9 Å². The van der Waals surface area contributed by atoms with Crippen LogP contribution in [0.15, 0.2) is 36.7 Å². The number of likely N-dealkylation sites (N-methyl/N-ethyl adjacent to an activating group) is 1. The van der Waals surface area contributed by atoms with Gasteiger partial charge in [0.05, 0.1) is 6.04 Å². The Kier molecular flexibility index (Phi) is 4.53. The first kappa shape index (κ1) is 17.8. The molecular weight excluding hydrogens is 350 g/mol. The molecule has 4 heterocycles. The van der Waals surface area contributed by atoms with Gasteiger partial charge < -0.3 is 24.1 Å². The topological polar surface area (TPSA) is 96.8 Å². The minimum absolute atomic E-state index is 0.205. The molecule has 8 nitrogen and oxygen atoms in total. The summed E-state index contributed by atoms with van der Waals surface area (Å²) in [6, 6.07) is 6.41. The predicted octanol–water partition coefficient (Wildman–Crippen LogP) is 0.941. The fourth-order valence-electron chi connectivity index (χ4n) is 4.18. The quantitative estimate of drug-likeness (QED) is 0.775. The van der Waals surface area contributed by atoms with Crippen molar-refractivity contribution in [3.63, 3.8) is 0 Å². The van der Waals surface area contributed by atoms with E-state index >= 15 is 0 Å². The zero-order valence-corrected chi connectivity index (χ0v) is 15.2. The number of aliphatic hydroxyl groups excluding tert-OH is 1. The van der Waals surface area contributed by atoms with Crippen molar-refractivity contribution in [3.05, 3.63) is 48.0 Å². The van der Waals surface area contributed by atoms with Crippen LogP contribution >= 0.6 is 0 Å². The Morgan fingerprint density at radius 3 is 2.56 bits per heavy atom. The van der Waals surface area contributed by atoms with E-state index in [2.05, 4.69) is 4.98 Å². The Bertz CT molecular complexity index is 830. The van der Waals surface area contributed by atoms with Crippen molar-refractivity contribution in [3.8, 4) is 0 Å². The molecule has 144 valence electrons. The first-order chi connectivity index (χ1) is 13.0. The number of carbonyl (C=O) groups is 2. The van der Waals surface area contributed by atoms with E-state index in [0.29, 0.717) is 24.2 Å². The number of rotatable bonds is 4. The highest BCUT2D eigenvalue weighted by molar-refractivity contribution is 5.88. The Morgan fingerprint density at radius 1 is 1.11 bits per heavy atom. The molecule has 4 rings (SSSR count). The number of nitrogens with one attached hydrogen (secondary N) is 1. The van der Waals surface area contributed by atoms with Crippen molar-refractivity contribution in [1.82, 2.24) is 14.5 Å². The average Bonchev–Trinajstić information content (AvgIpc) is 3.34. The number of hydrogen-bond donors (Lipinski definition) is 2. The van der Waals surface area contributed by atoms with Crippen LogP contribution in [0.25, 0.3) is 0 Å². The summed E-state index contributed by atoms with van der Waals surface area (Å²) in [7, 11) is 3.69. The summed E-state index contributed by atoms with van der Waals surface area (Å²) in [5.41, 5.74) is 0.828. The predicted molar refractivity (Wildman–Crippen MR) is 95.2 cm³/mol. The van der Waals surface area contributed by atoms with Gasteiger partial charge in [-0.05, 0) is 31.3 Å². The minimum Gasteiger partial charge on any atom is -0.458 e. The number of aromatic amines is 1. The third-order valence-electron chi connectivity index (χ3n) is 5.65. The molecule has 2 aliphatic heterocycles. The van der Waals surface area contributed by atoms with Crippen molar-refractivity contribution in [2.75, 3.05) is 7.05 Å². The highest BCUT2D eigenvalue weighted by atomic mass is 16.6. The van der Waals surface area contributed by atoms with Crippen LogP contribution in [0.4, 0.5) is 0 Å². The molecule has 5 atom stereocenters. The number of hydrogen-bond acceptors (Lipinski definition) is 6. The molecule has 0 aromatic carbocycles. The van der Waals surface area contributed by atoms with E-state index in [9.17, 15) is 14.7 Å². The van der Waals surface area contributed by atoms with E-state index in [1.54, 1.807) is 48.3 Å². The Morgan fingerprint density at radius 2 is 1.89 bits per heavy atom. The lowest BCUT2D eigenvalue weighted by Gasteiger charge is -2.36. The molecule has 2 saturated heterocycles. The third kappa shape index (κ3) is 3.15. The standard InChI is InChI=1S/C19H23N3O5/c1-21-8-4-6-13(21)19(25)26-11-9-14-16(23)17(15(10-11)22(14)2)27-18(24)12-5-3-7-20-12/h3-8,11,14-17,20,23H,9-10H2,1-2H3/t11-,14-,15+,16-,17+/m1/s1. The largest absolute Gasteiger partial charge is 0.458 e. The highest BCUT2D eigenvalue weighted by Crippen LogP contribution is 2.38. The summed E-state index contributed by atoms with van der Waals surface area (Å²) in [5.74, 6) is -0.881. The van der Waals surface area contributed by atoms with E-state index < -0.39 is 18.2 Å². The summed E-state index contributed by atoms with van der Waals surface area (Å²) in [6.07, 6.45) is 2.62. The van der Waals surface area contributed by atoms with Gasteiger partial charge in [-0.25, -0.2) is 9.59 Å². The van der Waals surface area contributed by atoms with Crippen LogP contribution < -0.4 is 0 Å². The molecule has 0 saturated carbocycles. The lowest BCUT2D eigenvalue weighted by atomic mass is 10.00. The van der Waals surface area contributed by atoms with Gasteiger partial charge in [-0.15, -0.1) is 0 Å². The SMILES string of the molecule is CN1[C@@H]2C[C@@H](OC(=O)c3cccn3C)C[C@H]1[C@H](OC(=O)c1ccc[nH]1)[C@@H]2O. The number of esters is 2. The monoisotopic (exact) mass is 373 g/mol. The van der Waals surface area contributed by atoms with Crippen molar-refractivity contribution in [2.24, 2.45) is 7.05 Å². The third-order valence-corrected chi connectivity index (χ3v) is 5.65. The van der Waals surface area contributed by atoms with Crippen LogP contribution in [0.2, 0.25) is 0 Å². The highest BCUT2D eigenvalue weighted by Gasteiger charge is 2.54. The lowest BCUT2D eigenvalue weighted by Crippen LogP contribution is -2.46. The number of ether oxygens (including phenoxy) is 2. The Labute approximate surface area is 156 Å². The number of piperidine rings is 1. The molecule has 8 heteroatoms. The summed E-state index contributed by atoms with van der Waals surface area (Å²) < 4.78 is 13.0. The Balaban J connectivity index is 1.45. The number of aryl methyl sites for hydroxylation is 1. The maximum absolute atomic E-state index is 12.4. The lowest BCUT2D eigenvalue weighted by molar-refractivity contribution is -0.0179. The average molecular weight is 373 g/mol. The van der Waals surface area contributed by atoms with Crippen molar-refractivity contribution in [2.45, 2.75) is 43.2 Å². The van der Waals surface area contributed by atoms with Gasteiger partial charge >= 0.3 is 11.9 Å². The molecule has 0 unspecified atom stereocenters. The molecule has 2 N–H and O–H groups in total. The van der Waals surface area contributed by atoms with Gasteiger partial charge in [-0.2, -0.15) is 0 Å². The van der Waals surface area contributed by atoms with Gasteiger partial charge in [0.2, 0.25) is 0 Å². The molecule has 27 heavy (non-hydrogen) atoms. The summed E-state index contributed by atoms with van der Waals surface area (Å²) in [4.78, 5) is 29.5. The van der Waals surface area contributed by atoms with Crippen LogP contribution in [0, 0.1) is 0 Å². The summed E-state index contributed by atoms with van der Waals surface area (Å²) >= 11 is 0. The van der Waals surface area contributed by atoms with Gasteiger partial charge in [0.15, 0.2) is 0 Å². The van der Waals surface area contributed by atoms with Gasteiger partial charge in [0.1, 0.15) is 29.7 Å². The molecular formula is C19H23N3O5. The van der Waals surface area contributed by atoms with Crippen molar-refractivity contribution < 1.29 is 24.2 Å². The van der Waals surface area contributed by atoms with Crippen LogP contribution in [-0.4, -0.2) is 68.9 Å².